The van der Waals surface area contributed by atoms with E-state index in [1.807, 2.05) is 18.5 Å². The fourth-order valence-corrected chi connectivity index (χ4v) is 1.34. The summed E-state index contributed by atoms with van der Waals surface area (Å²) < 4.78 is 0. The van der Waals surface area contributed by atoms with Crippen molar-refractivity contribution in [2.24, 2.45) is 0 Å². The van der Waals surface area contributed by atoms with E-state index in [2.05, 4.69) is 26.3 Å². The molecular formula is C10H14N4. The van der Waals surface area contributed by atoms with Crippen molar-refractivity contribution in [1.29, 1.82) is 0 Å². The lowest BCUT2D eigenvalue weighted by Crippen LogP contribution is -2.17. The van der Waals surface area contributed by atoms with Crippen LogP contribution in [0.15, 0.2) is 30.7 Å². The first kappa shape index (κ1) is 9.02. The minimum atomic E-state index is 0.883. The number of H-pyrrole nitrogens is 2. The molecule has 0 fully saturated rings. The van der Waals surface area contributed by atoms with Gasteiger partial charge in [-0.1, -0.05) is 0 Å². The molecule has 2 aromatic heterocycles. The zero-order chi connectivity index (χ0) is 9.64. The number of nitrogens with zero attached hydrogens (tertiary/aromatic N) is 1. The summed E-state index contributed by atoms with van der Waals surface area (Å²) in [6.45, 7) is 1.82. The summed E-state index contributed by atoms with van der Waals surface area (Å²) in [5.74, 6) is 1.03. The van der Waals surface area contributed by atoms with Crippen molar-refractivity contribution in [2.75, 3.05) is 6.54 Å². The van der Waals surface area contributed by atoms with Gasteiger partial charge in [-0.3, -0.25) is 0 Å². The number of nitrogens with one attached hydrogen (secondary N) is 3. The Bertz CT molecular complexity index is 300. The highest BCUT2D eigenvalue weighted by molar-refractivity contribution is 5.02. The third-order valence-corrected chi connectivity index (χ3v) is 2.07. The molecule has 0 unspecified atom stereocenters. The molecule has 74 valence electrons. The maximum absolute atomic E-state index is 4.15. The highest BCUT2D eigenvalue weighted by Crippen LogP contribution is 1.93. The van der Waals surface area contributed by atoms with E-state index in [4.69, 9.17) is 0 Å². The van der Waals surface area contributed by atoms with Crippen LogP contribution < -0.4 is 5.32 Å². The monoisotopic (exact) mass is 190 g/mol. The minimum Gasteiger partial charge on any atom is -0.364 e. The highest BCUT2D eigenvalue weighted by Gasteiger charge is 1.94. The quantitative estimate of drug-likeness (QED) is 0.618. The molecule has 4 nitrogen and oxygen atoms in total. The van der Waals surface area contributed by atoms with Crippen LogP contribution in [0, 0.1) is 0 Å². The van der Waals surface area contributed by atoms with Crippen LogP contribution in [0.1, 0.15) is 11.5 Å². The molecule has 0 aliphatic rings. The Labute approximate surface area is 82.8 Å². The summed E-state index contributed by atoms with van der Waals surface area (Å²) in [5, 5.41) is 3.33. The van der Waals surface area contributed by atoms with Crippen LogP contribution in [-0.2, 0) is 13.0 Å². The number of aromatic amines is 2. The van der Waals surface area contributed by atoms with E-state index < -0.39 is 0 Å². The lowest BCUT2D eigenvalue weighted by Gasteiger charge is -2.00. The number of hydrogen-bond acceptors (Lipinski definition) is 2. The first-order valence-corrected chi connectivity index (χ1v) is 4.76. The molecular weight excluding hydrogens is 176 g/mol. The maximum atomic E-state index is 4.15. The molecule has 0 aliphatic carbocycles. The Hall–Kier alpha value is -1.55. The second kappa shape index (κ2) is 4.62. The second-order valence-corrected chi connectivity index (χ2v) is 3.16. The Kier molecular flexibility index (Phi) is 2.98. The predicted octanol–water partition coefficient (Wildman–Crippen LogP) is 1.07. The van der Waals surface area contributed by atoms with Crippen molar-refractivity contribution in [2.45, 2.75) is 13.0 Å². The third-order valence-electron chi connectivity index (χ3n) is 2.07. The van der Waals surface area contributed by atoms with Crippen LogP contribution in [-0.4, -0.2) is 21.5 Å². The van der Waals surface area contributed by atoms with Crippen LogP contribution in [0.5, 0.6) is 0 Å². The van der Waals surface area contributed by atoms with Crippen LogP contribution in [0.2, 0.25) is 0 Å². The summed E-state index contributed by atoms with van der Waals surface area (Å²) in [5.41, 5.74) is 1.21. The SMILES string of the molecule is c1c[nH]c(CNCCc2ncc[nH]2)c1. The van der Waals surface area contributed by atoms with E-state index in [0.29, 0.717) is 0 Å². The van der Waals surface area contributed by atoms with Gasteiger partial charge in [0.15, 0.2) is 0 Å². The molecule has 0 saturated carbocycles. The van der Waals surface area contributed by atoms with Gasteiger partial charge in [-0.25, -0.2) is 4.98 Å². The van der Waals surface area contributed by atoms with E-state index in [1.54, 1.807) is 6.20 Å². The predicted molar refractivity (Wildman–Crippen MR) is 54.8 cm³/mol. The molecule has 0 radical (unpaired) electrons. The molecule has 0 spiro atoms. The largest absolute Gasteiger partial charge is 0.364 e. The Morgan fingerprint density at radius 1 is 1.29 bits per heavy atom. The van der Waals surface area contributed by atoms with Gasteiger partial charge in [-0.05, 0) is 12.1 Å². The van der Waals surface area contributed by atoms with Crippen LogP contribution >= 0.6 is 0 Å². The average molecular weight is 190 g/mol. The molecule has 2 rings (SSSR count). The van der Waals surface area contributed by atoms with Gasteiger partial charge < -0.3 is 15.3 Å². The van der Waals surface area contributed by atoms with Gasteiger partial charge in [-0.15, -0.1) is 0 Å². The smallest absolute Gasteiger partial charge is 0.107 e. The molecule has 2 heterocycles. The molecule has 0 atom stereocenters. The normalized spacial score (nSPS) is 10.6. The molecule has 0 aliphatic heterocycles. The Morgan fingerprint density at radius 3 is 3.00 bits per heavy atom. The molecule has 2 aromatic rings. The van der Waals surface area contributed by atoms with Crippen molar-refractivity contribution in [3.05, 3.63) is 42.2 Å². The average Bonchev–Trinajstić information content (AvgIpc) is 2.86. The first-order chi connectivity index (χ1) is 6.95. The van der Waals surface area contributed by atoms with E-state index in [0.717, 1.165) is 25.3 Å². The molecule has 0 bridgehead atoms. The first-order valence-electron chi connectivity index (χ1n) is 4.76. The van der Waals surface area contributed by atoms with Crippen molar-refractivity contribution in [3.8, 4) is 0 Å². The Morgan fingerprint density at radius 2 is 2.29 bits per heavy atom. The molecule has 0 aromatic carbocycles. The summed E-state index contributed by atoms with van der Waals surface area (Å²) in [7, 11) is 0. The lowest BCUT2D eigenvalue weighted by molar-refractivity contribution is 0.665. The molecule has 0 amide bonds. The van der Waals surface area contributed by atoms with Crippen molar-refractivity contribution in [1.82, 2.24) is 20.3 Å². The summed E-state index contributed by atoms with van der Waals surface area (Å²) in [4.78, 5) is 10.4. The molecule has 4 heteroatoms. The van der Waals surface area contributed by atoms with Gasteiger partial charge in [0.05, 0.1) is 0 Å². The van der Waals surface area contributed by atoms with E-state index >= 15 is 0 Å². The van der Waals surface area contributed by atoms with Crippen LogP contribution in [0.3, 0.4) is 0 Å². The fraction of sp³-hybridized carbons (Fsp3) is 0.300. The topological polar surface area (TPSA) is 56.5 Å². The van der Waals surface area contributed by atoms with Gasteiger partial charge in [-0.2, -0.15) is 0 Å². The molecule has 3 N–H and O–H groups in total. The number of rotatable bonds is 5. The van der Waals surface area contributed by atoms with Crippen LogP contribution in [0.4, 0.5) is 0 Å². The van der Waals surface area contributed by atoms with Crippen molar-refractivity contribution >= 4 is 0 Å². The van der Waals surface area contributed by atoms with Gasteiger partial charge in [0, 0.05) is 43.8 Å². The van der Waals surface area contributed by atoms with Gasteiger partial charge in [0.25, 0.3) is 0 Å². The van der Waals surface area contributed by atoms with Crippen molar-refractivity contribution in [3.63, 3.8) is 0 Å². The summed E-state index contributed by atoms with van der Waals surface area (Å²) in [6.07, 6.45) is 6.50. The van der Waals surface area contributed by atoms with Crippen LogP contribution in [0.25, 0.3) is 0 Å². The summed E-state index contributed by atoms with van der Waals surface area (Å²) in [6, 6.07) is 4.07. The zero-order valence-electron chi connectivity index (χ0n) is 7.96. The lowest BCUT2D eigenvalue weighted by atomic mass is 10.4. The maximum Gasteiger partial charge on any atom is 0.107 e. The summed E-state index contributed by atoms with van der Waals surface area (Å²) >= 11 is 0. The number of aromatic nitrogens is 3. The third kappa shape index (κ3) is 2.47. The standard InChI is InChI=1S/C10H14N4/c1-2-9(12-4-1)8-11-5-3-10-13-6-7-14-10/h1-2,4,6-7,11-12H,3,5,8H2,(H,13,14). The van der Waals surface area contributed by atoms with E-state index in [9.17, 15) is 0 Å². The van der Waals surface area contributed by atoms with E-state index in [1.165, 1.54) is 5.69 Å². The number of hydrogen-bond donors (Lipinski definition) is 3. The zero-order valence-corrected chi connectivity index (χ0v) is 7.96. The fourth-order valence-electron chi connectivity index (χ4n) is 1.34. The van der Waals surface area contributed by atoms with Gasteiger partial charge >= 0.3 is 0 Å². The molecule has 0 saturated heterocycles. The second-order valence-electron chi connectivity index (χ2n) is 3.16. The Balaban J connectivity index is 1.65. The van der Waals surface area contributed by atoms with Gasteiger partial charge in [0.2, 0.25) is 0 Å². The van der Waals surface area contributed by atoms with E-state index in [-0.39, 0.29) is 0 Å². The molecule has 14 heavy (non-hydrogen) atoms. The highest BCUT2D eigenvalue weighted by atomic mass is 14.9. The van der Waals surface area contributed by atoms with Crippen molar-refractivity contribution < 1.29 is 0 Å². The minimum absolute atomic E-state index is 0.883. The number of imidazole rings is 1. The van der Waals surface area contributed by atoms with Gasteiger partial charge in [0.1, 0.15) is 5.82 Å².